The first-order chi connectivity index (χ1) is 8.29. The summed E-state index contributed by atoms with van der Waals surface area (Å²) >= 11 is 0. The Morgan fingerprint density at radius 3 is 2.82 bits per heavy atom. The van der Waals surface area contributed by atoms with E-state index in [1.165, 1.54) is 38.0 Å². The number of benzene rings is 1. The molecule has 1 aromatic rings. The molecule has 2 unspecified atom stereocenters. The van der Waals surface area contributed by atoms with Crippen molar-refractivity contribution in [3.8, 4) is 0 Å². The topological polar surface area (TPSA) is 15.3 Å². The van der Waals surface area contributed by atoms with Gasteiger partial charge in [-0.3, -0.25) is 0 Å². The van der Waals surface area contributed by atoms with Crippen molar-refractivity contribution in [3.63, 3.8) is 0 Å². The molecule has 1 N–H and O–H groups in total. The van der Waals surface area contributed by atoms with E-state index in [0.29, 0.717) is 6.04 Å². The van der Waals surface area contributed by atoms with E-state index in [-0.39, 0.29) is 0 Å². The summed E-state index contributed by atoms with van der Waals surface area (Å²) in [5.74, 6) is 0.751. The second-order valence-electron chi connectivity index (χ2n) is 5.18. The van der Waals surface area contributed by atoms with E-state index in [2.05, 4.69) is 47.5 Å². The molecular weight excluding hydrogens is 208 g/mol. The Morgan fingerprint density at radius 2 is 2.12 bits per heavy atom. The van der Waals surface area contributed by atoms with Crippen LogP contribution in [0.5, 0.6) is 0 Å². The van der Waals surface area contributed by atoms with Crippen LogP contribution < -0.4 is 5.32 Å². The van der Waals surface area contributed by atoms with Crippen LogP contribution in [-0.4, -0.2) is 37.6 Å². The number of likely N-dealkylation sites (tertiary alicyclic amines) is 1. The molecule has 0 aliphatic carbocycles. The molecule has 0 spiro atoms. The molecule has 0 amide bonds. The van der Waals surface area contributed by atoms with Gasteiger partial charge in [-0.1, -0.05) is 30.3 Å². The normalized spacial score (nSPS) is 22.8. The van der Waals surface area contributed by atoms with E-state index in [1.807, 2.05) is 7.05 Å². The van der Waals surface area contributed by atoms with Crippen molar-refractivity contribution < 1.29 is 0 Å². The first-order valence-corrected chi connectivity index (χ1v) is 6.74. The highest BCUT2D eigenvalue weighted by Gasteiger charge is 2.23. The molecule has 17 heavy (non-hydrogen) atoms. The highest BCUT2D eigenvalue weighted by atomic mass is 15.1. The predicted octanol–water partition coefficient (Wildman–Crippen LogP) is 2.47. The zero-order chi connectivity index (χ0) is 12.1. The average molecular weight is 232 g/mol. The number of hydrogen-bond acceptors (Lipinski definition) is 2. The third-order valence-electron chi connectivity index (χ3n) is 3.91. The lowest BCUT2D eigenvalue weighted by atomic mass is 9.99. The molecule has 94 valence electrons. The lowest BCUT2D eigenvalue weighted by Gasteiger charge is -2.18. The summed E-state index contributed by atoms with van der Waals surface area (Å²) in [4.78, 5) is 2.60. The van der Waals surface area contributed by atoms with Gasteiger partial charge in [0.1, 0.15) is 0 Å². The van der Waals surface area contributed by atoms with E-state index in [9.17, 15) is 0 Å². The number of nitrogens with one attached hydrogen (secondary N) is 1. The van der Waals surface area contributed by atoms with Crippen molar-refractivity contribution in [3.05, 3.63) is 35.9 Å². The Morgan fingerprint density at radius 1 is 1.35 bits per heavy atom. The van der Waals surface area contributed by atoms with Crippen LogP contribution in [0.15, 0.2) is 30.3 Å². The number of hydrogen-bond donors (Lipinski definition) is 1. The Labute approximate surface area is 105 Å². The molecular formula is C15H24N2. The molecule has 2 atom stereocenters. The van der Waals surface area contributed by atoms with Gasteiger partial charge in [-0.05, 0) is 51.4 Å². The van der Waals surface area contributed by atoms with Crippen LogP contribution in [0.3, 0.4) is 0 Å². The number of rotatable bonds is 5. The van der Waals surface area contributed by atoms with Crippen molar-refractivity contribution in [2.75, 3.05) is 26.7 Å². The molecule has 1 fully saturated rings. The summed E-state index contributed by atoms with van der Waals surface area (Å²) in [7, 11) is 2.04. The van der Waals surface area contributed by atoms with Gasteiger partial charge in [0, 0.05) is 12.6 Å². The summed E-state index contributed by atoms with van der Waals surface area (Å²) in [6.07, 6.45) is 2.57. The highest BCUT2D eigenvalue weighted by molar-refractivity contribution is 5.20. The molecule has 1 aliphatic rings. The van der Waals surface area contributed by atoms with Gasteiger partial charge in [0.15, 0.2) is 0 Å². The third kappa shape index (κ3) is 3.55. The fraction of sp³-hybridized carbons (Fsp3) is 0.600. The number of nitrogens with zero attached hydrogens (tertiary/aromatic N) is 1. The Hall–Kier alpha value is -0.860. The van der Waals surface area contributed by atoms with Gasteiger partial charge in [0.05, 0.1) is 0 Å². The summed E-state index contributed by atoms with van der Waals surface area (Å²) in [5.41, 5.74) is 1.51. The monoisotopic (exact) mass is 232 g/mol. The van der Waals surface area contributed by atoms with Crippen LogP contribution >= 0.6 is 0 Å². The van der Waals surface area contributed by atoms with Crippen molar-refractivity contribution in [1.82, 2.24) is 10.2 Å². The van der Waals surface area contributed by atoms with Gasteiger partial charge in [-0.25, -0.2) is 0 Å². The van der Waals surface area contributed by atoms with Crippen LogP contribution in [0.4, 0.5) is 0 Å². The van der Waals surface area contributed by atoms with Crippen LogP contribution in [0.2, 0.25) is 0 Å². The molecule has 2 nitrogen and oxygen atoms in total. The first-order valence-electron chi connectivity index (χ1n) is 6.74. The summed E-state index contributed by atoms with van der Waals surface area (Å²) in [6, 6.07) is 11.6. The lowest BCUT2D eigenvalue weighted by molar-refractivity contribution is 0.313. The predicted molar refractivity (Wildman–Crippen MR) is 73.4 cm³/mol. The van der Waals surface area contributed by atoms with Crippen LogP contribution in [0.1, 0.15) is 31.2 Å². The molecule has 1 saturated heterocycles. The minimum atomic E-state index is 0.630. The van der Waals surface area contributed by atoms with Gasteiger partial charge < -0.3 is 10.2 Å². The van der Waals surface area contributed by atoms with Gasteiger partial charge >= 0.3 is 0 Å². The lowest BCUT2D eigenvalue weighted by Crippen LogP contribution is -2.29. The van der Waals surface area contributed by atoms with Crippen LogP contribution in [-0.2, 0) is 0 Å². The smallest absolute Gasteiger partial charge is 0.00508 e. The van der Waals surface area contributed by atoms with E-state index in [1.54, 1.807) is 0 Å². The molecule has 0 radical (unpaired) electrons. The summed E-state index contributed by atoms with van der Waals surface area (Å²) in [5, 5.41) is 3.31. The van der Waals surface area contributed by atoms with Gasteiger partial charge in [-0.2, -0.15) is 0 Å². The van der Waals surface area contributed by atoms with Gasteiger partial charge in [-0.15, -0.1) is 0 Å². The maximum absolute atomic E-state index is 3.31. The molecule has 2 rings (SSSR count). The van der Waals surface area contributed by atoms with Crippen LogP contribution in [0, 0.1) is 0 Å². The largest absolute Gasteiger partial charge is 0.317 e. The first kappa shape index (κ1) is 12.6. The third-order valence-corrected chi connectivity index (χ3v) is 3.91. The molecule has 1 aliphatic heterocycles. The molecule has 0 bridgehead atoms. The Kier molecular flexibility index (Phi) is 4.57. The van der Waals surface area contributed by atoms with Gasteiger partial charge in [0.25, 0.3) is 0 Å². The quantitative estimate of drug-likeness (QED) is 0.839. The van der Waals surface area contributed by atoms with Crippen molar-refractivity contribution >= 4 is 0 Å². The maximum Gasteiger partial charge on any atom is 0.00508 e. The second-order valence-corrected chi connectivity index (χ2v) is 5.18. The minimum absolute atomic E-state index is 0.630. The summed E-state index contributed by atoms with van der Waals surface area (Å²) < 4.78 is 0. The van der Waals surface area contributed by atoms with Crippen LogP contribution in [0.25, 0.3) is 0 Å². The standard InChI is InChI=1S/C15H24N2/c1-13(16-2)8-10-17-11-9-15(12-17)14-6-4-3-5-7-14/h3-7,13,15-16H,8-12H2,1-2H3. The molecule has 0 aromatic heterocycles. The van der Waals surface area contributed by atoms with E-state index < -0.39 is 0 Å². The van der Waals surface area contributed by atoms with Crippen molar-refractivity contribution in [2.45, 2.75) is 31.7 Å². The minimum Gasteiger partial charge on any atom is -0.317 e. The molecule has 1 aromatic carbocycles. The SMILES string of the molecule is CNC(C)CCN1CCC(c2ccccc2)C1. The van der Waals surface area contributed by atoms with E-state index in [0.717, 1.165) is 5.92 Å². The van der Waals surface area contributed by atoms with E-state index in [4.69, 9.17) is 0 Å². The molecule has 2 heteroatoms. The van der Waals surface area contributed by atoms with Gasteiger partial charge in [0.2, 0.25) is 0 Å². The highest BCUT2D eigenvalue weighted by Crippen LogP contribution is 2.26. The van der Waals surface area contributed by atoms with Crippen molar-refractivity contribution in [2.24, 2.45) is 0 Å². The van der Waals surface area contributed by atoms with Crippen molar-refractivity contribution in [1.29, 1.82) is 0 Å². The summed E-state index contributed by atoms with van der Waals surface area (Å²) in [6.45, 7) is 5.98. The zero-order valence-corrected chi connectivity index (χ0v) is 11.0. The zero-order valence-electron chi connectivity index (χ0n) is 11.0. The second kappa shape index (κ2) is 6.18. The van der Waals surface area contributed by atoms with E-state index >= 15 is 0 Å². The average Bonchev–Trinajstić information content (AvgIpc) is 2.86. The maximum atomic E-state index is 3.31. The molecule has 1 heterocycles. The Bertz CT molecular complexity index is 323. The molecule has 0 saturated carbocycles. The fourth-order valence-electron chi connectivity index (χ4n) is 2.55. The Balaban J connectivity index is 1.80. The fourth-order valence-corrected chi connectivity index (χ4v) is 2.55.